The fraction of sp³-hybridized carbons (Fsp3) is 0.765. The minimum Gasteiger partial charge on any atom is -0.494 e. The van der Waals surface area contributed by atoms with Gasteiger partial charge in [0.15, 0.2) is 11.8 Å². The van der Waals surface area contributed by atoms with E-state index >= 15 is 0 Å². The zero-order valence-electron chi connectivity index (χ0n) is 12.3. The van der Waals surface area contributed by atoms with Crippen molar-refractivity contribution in [2.24, 2.45) is 11.8 Å². The van der Waals surface area contributed by atoms with Crippen molar-refractivity contribution in [1.29, 1.82) is 0 Å². The Morgan fingerprint density at radius 2 is 1.55 bits per heavy atom. The summed E-state index contributed by atoms with van der Waals surface area (Å²) in [5, 5.41) is 21.1. The van der Waals surface area contributed by atoms with Crippen LogP contribution in [0.25, 0.3) is 0 Å². The van der Waals surface area contributed by atoms with Gasteiger partial charge in [-0.25, -0.2) is 0 Å². The van der Waals surface area contributed by atoms with Gasteiger partial charge in [-0.3, -0.25) is 4.57 Å². The molecule has 4 atom stereocenters. The standard InChI is InChI=1S/C17H25NO2/c1-10-4-2-3-5-13(10)9-18-16(19)14-11-6-7-12(8-11)15(14)17(18)20/h10-13,19-20H,2-9H2,1H3. The third-order valence-electron chi connectivity index (χ3n) is 6.24. The van der Waals surface area contributed by atoms with E-state index in [-0.39, 0.29) is 0 Å². The minimum absolute atomic E-state index is 0.377. The van der Waals surface area contributed by atoms with Crippen LogP contribution in [0.1, 0.15) is 74.8 Å². The quantitative estimate of drug-likeness (QED) is 0.854. The van der Waals surface area contributed by atoms with Gasteiger partial charge in [0, 0.05) is 17.7 Å². The number of fused-ring (bicyclic) bond motifs is 5. The smallest absolute Gasteiger partial charge is 0.197 e. The summed E-state index contributed by atoms with van der Waals surface area (Å²) in [6.45, 7) is 3.12. The number of hydrogen-bond donors (Lipinski definition) is 2. The van der Waals surface area contributed by atoms with Gasteiger partial charge in [0.05, 0.1) is 0 Å². The van der Waals surface area contributed by atoms with Crippen LogP contribution in [0.5, 0.6) is 11.8 Å². The number of aromatic hydroxyl groups is 2. The Labute approximate surface area is 120 Å². The molecule has 3 heteroatoms. The average molecular weight is 275 g/mol. The van der Waals surface area contributed by atoms with Gasteiger partial charge in [0.25, 0.3) is 0 Å². The van der Waals surface area contributed by atoms with Gasteiger partial charge >= 0.3 is 0 Å². The molecule has 2 bridgehead atoms. The predicted octanol–water partition coefficient (Wildman–Crippen LogP) is 4.09. The zero-order valence-corrected chi connectivity index (χ0v) is 12.3. The van der Waals surface area contributed by atoms with Crippen molar-refractivity contribution in [3.05, 3.63) is 11.1 Å². The van der Waals surface area contributed by atoms with E-state index in [2.05, 4.69) is 6.92 Å². The lowest BCUT2D eigenvalue weighted by Gasteiger charge is -2.29. The van der Waals surface area contributed by atoms with E-state index in [0.29, 0.717) is 35.4 Å². The molecule has 0 spiro atoms. The van der Waals surface area contributed by atoms with Crippen LogP contribution in [0.15, 0.2) is 0 Å². The topological polar surface area (TPSA) is 45.4 Å². The van der Waals surface area contributed by atoms with Crippen LogP contribution in [0.4, 0.5) is 0 Å². The Bertz CT molecular complexity index is 500. The first kappa shape index (κ1) is 12.6. The highest BCUT2D eigenvalue weighted by molar-refractivity contribution is 5.54. The summed E-state index contributed by atoms with van der Waals surface area (Å²) >= 11 is 0. The van der Waals surface area contributed by atoms with Crippen molar-refractivity contribution in [3.63, 3.8) is 0 Å². The molecular formula is C17H25NO2. The van der Waals surface area contributed by atoms with Crippen molar-refractivity contribution in [2.75, 3.05) is 0 Å². The number of hydrogen-bond acceptors (Lipinski definition) is 2. The monoisotopic (exact) mass is 275 g/mol. The SMILES string of the molecule is CC1CCCCC1Cn1c(O)c2c(c1O)C1CCC2C1. The third-order valence-corrected chi connectivity index (χ3v) is 6.24. The Morgan fingerprint density at radius 3 is 2.15 bits per heavy atom. The molecule has 3 aliphatic rings. The molecule has 4 unspecified atom stereocenters. The molecule has 1 heterocycles. The maximum atomic E-state index is 10.6. The molecule has 4 rings (SSSR count). The minimum atomic E-state index is 0.377. The van der Waals surface area contributed by atoms with Crippen molar-refractivity contribution in [3.8, 4) is 11.8 Å². The highest BCUT2D eigenvalue weighted by Crippen LogP contribution is 2.60. The molecule has 0 amide bonds. The van der Waals surface area contributed by atoms with Crippen molar-refractivity contribution in [1.82, 2.24) is 4.57 Å². The molecule has 1 aromatic rings. The van der Waals surface area contributed by atoms with E-state index < -0.39 is 0 Å². The molecular weight excluding hydrogens is 250 g/mol. The lowest BCUT2D eigenvalue weighted by Crippen LogP contribution is -2.21. The Hall–Kier alpha value is -1.12. The van der Waals surface area contributed by atoms with E-state index in [9.17, 15) is 10.2 Å². The maximum Gasteiger partial charge on any atom is 0.197 e. The second-order valence-corrected chi connectivity index (χ2v) is 7.31. The van der Waals surface area contributed by atoms with Crippen LogP contribution in [-0.2, 0) is 6.54 Å². The summed E-state index contributed by atoms with van der Waals surface area (Å²) in [4.78, 5) is 0. The second-order valence-electron chi connectivity index (χ2n) is 7.31. The molecule has 1 aromatic heterocycles. The van der Waals surface area contributed by atoms with Gasteiger partial charge in [-0.05, 0) is 49.4 Å². The lowest BCUT2D eigenvalue weighted by molar-refractivity contribution is 0.212. The molecule has 0 aliphatic heterocycles. The zero-order chi connectivity index (χ0) is 13.9. The summed E-state index contributed by atoms with van der Waals surface area (Å²) in [6, 6.07) is 0. The molecule has 2 fully saturated rings. The Morgan fingerprint density at radius 1 is 0.950 bits per heavy atom. The van der Waals surface area contributed by atoms with Gasteiger partial charge in [-0.15, -0.1) is 0 Å². The largest absolute Gasteiger partial charge is 0.494 e. The highest BCUT2D eigenvalue weighted by atomic mass is 16.3. The van der Waals surface area contributed by atoms with E-state index in [4.69, 9.17) is 0 Å². The molecule has 110 valence electrons. The summed E-state index contributed by atoms with van der Waals surface area (Å²) in [5.74, 6) is 3.07. The van der Waals surface area contributed by atoms with E-state index in [0.717, 1.165) is 24.1 Å². The summed E-state index contributed by atoms with van der Waals surface area (Å²) in [7, 11) is 0. The van der Waals surface area contributed by atoms with Crippen LogP contribution in [0.3, 0.4) is 0 Å². The molecule has 0 radical (unpaired) electrons. The van der Waals surface area contributed by atoms with E-state index in [1.807, 2.05) is 4.57 Å². The Balaban J connectivity index is 1.66. The van der Waals surface area contributed by atoms with Crippen LogP contribution < -0.4 is 0 Å². The van der Waals surface area contributed by atoms with Gasteiger partial charge in [0.2, 0.25) is 0 Å². The molecule has 3 aliphatic carbocycles. The van der Waals surface area contributed by atoms with Crippen LogP contribution in [0.2, 0.25) is 0 Å². The van der Waals surface area contributed by atoms with Crippen LogP contribution in [-0.4, -0.2) is 14.8 Å². The van der Waals surface area contributed by atoms with Gasteiger partial charge < -0.3 is 10.2 Å². The molecule has 3 nitrogen and oxygen atoms in total. The van der Waals surface area contributed by atoms with Gasteiger partial charge in [-0.2, -0.15) is 0 Å². The number of rotatable bonds is 2. The first-order valence-electron chi connectivity index (χ1n) is 8.31. The predicted molar refractivity (Wildman–Crippen MR) is 78.2 cm³/mol. The van der Waals surface area contributed by atoms with E-state index in [1.165, 1.54) is 38.5 Å². The first-order valence-corrected chi connectivity index (χ1v) is 8.31. The third kappa shape index (κ3) is 1.64. The van der Waals surface area contributed by atoms with Crippen LogP contribution >= 0.6 is 0 Å². The molecule has 0 saturated heterocycles. The summed E-state index contributed by atoms with van der Waals surface area (Å²) in [5.41, 5.74) is 2.17. The molecule has 20 heavy (non-hydrogen) atoms. The number of nitrogens with zero attached hydrogens (tertiary/aromatic N) is 1. The average Bonchev–Trinajstić information content (AvgIpc) is 3.10. The van der Waals surface area contributed by atoms with E-state index in [1.54, 1.807) is 0 Å². The van der Waals surface area contributed by atoms with Crippen molar-refractivity contribution < 1.29 is 10.2 Å². The first-order chi connectivity index (χ1) is 9.66. The maximum absolute atomic E-state index is 10.6. The Kier molecular flexibility index (Phi) is 2.80. The van der Waals surface area contributed by atoms with Crippen LogP contribution in [0, 0.1) is 11.8 Å². The molecule has 0 aromatic carbocycles. The fourth-order valence-corrected chi connectivity index (χ4v) is 5.01. The summed E-state index contributed by atoms with van der Waals surface area (Å²) in [6.07, 6.45) is 8.67. The van der Waals surface area contributed by atoms with Gasteiger partial charge in [0.1, 0.15) is 0 Å². The lowest BCUT2D eigenvalue weighted by atomic mass is 9.80. The normalized spacial score (nSPS) is 35.5. The van der Waals surface area contributed by atoms with Gasteiger partial charge in [-0.1, -0.05) is 26.2 Å². The van der Waals surface area contributed by atoms with Crippen molar-refractivity contribution >= 4 is 0 Å². The highest BCUT2D eigenvalue weighted by Gasteiger charge is 2.44. The number of aromatic nitrogens is 1. The molecule has 2 N–H and O–H groups in total. The summed E-state index contributed by atoms with van der Waals surface area (Å²) < 4.78 is 1.82. The second kappa shape index (κ2) is 4.44. The fourth-order valence-electron chi connectivity index (χ4n) is 5.01. The van der Waals surface area contributed by atoms with Crippen molar-refractivity contribution in [2.45, 2.75) is 70.3 Å². The molecule has 2 saturated carbocycles.